The molecule has 1 aliphatic carbocycles. The van der Waals surface area contributed by atoms with Gasteiger partial charge in [0.1, 0.15) is 12.4 Å². The fraction of sp³-hybridized carbons (Fsp3) is 0.600. The third kappa shape index (κ3) is 4.04. The molecule has 1 aliphatic rings. The molecule has 1 fully saturated rings. The number of benzene rings is 1. The van der Waals surface area contributed by atoms with Crippen LogP contribution in [-0.4, -0.2) is 19.2 Å². The lowest BCUT2D eigenvalue weighted by Gasteiger charge is -2.20. The van der Waals surface area contributed by atoms with Gasteiger partial charge in [-0.1, -0.05) is 31.0 Å². The number of para-hydroxylation sites is 1. The molecule has 0 amide bonds. The molecular formula is C15H23NO. The van der Waals surface area contributed by atoms with Crippen molar-refractivity contribution in [1.29, 1.82) is 0 Å². The third-order valence-electron chi connectivity index (χ3n) is 3.69. The minimum atomic E-state index is 0.636. The maximum Gasteiger partial charge on any atom is 0.119 e. The summed E-state index contributed by atoms with van der Waals surface area (Å²) in [5, 5.41) is 3.57. The summed E-state index contributed by atoms with van der Waals surface area (Å²) in [6, 6.07) is 10.7. The van der Waals surface area contributed by atoms with E-state index in [1.165, 1.54) is 25.7 Å². The van der Waals surface area contributed by atoms with E-state index in [4.69, 9.17) is 4.74 Å². The first-order valence-electron chi connectivity index (χ1n) is 6.77. The quantitative estimate of drug-likeness (QED) is 0.762. The van der Waals surface area contributed by atoms with E-state index >= 15 is 0 Å². The molecule has 1 saturated carbocycles. The standard InChI is InChI=1S/C15H23NO/c1-13(14-7-5-6-8-14)16-11-12-17-15-9-3-2-4-10-15/h2-4,9-10,13-14,16H,5-8,11-12H2,1H3. The summed E-state index contributed by atoms with van der Waals surface area (Å²) in [5.41, 5.74) is 0. The van der Waals surface area contributed by atoms with E-state index in [1.54, 1.807) is 0 Å². The minimum Gasteiger partial charge on any atom is -0.492 e. The Morgan fingerprint density at radius 2 is 1.94 bits per heavy atom. The molecule has 94 valence electrons. The number of hydrogen-bond donors (Lipinski definition) is 1. The van der Waals surface area contributed by atoms with Gasteiger partial charge in [0.05, 0.1) is 0 Å². The average molecular weight is 233 g/mol. The maximum atomic E-state index is 5.66. The monoisotopic (exact) mass is 233 g/mol. The second-order valence-electron chi connectivity index (χ2n) is 4.95. The van der Waals surface area contributed by atoms with Crippen LogP contribution in [0.5, 0.6) is 5.75 Å². The molecule has 2 nitrogen and oxygen atoms in total. The van der Waals surface area contributed by atoms with Crippen LogP contribution in [0.3, 0.4) is 0 Å². The van der Waals surface area contributed by atoms with E-state index in [-0.39, 0.29) is 0 Å². The van der Waals surface area contributed by atoms with E-state index in [0.29, 0.717) is 6.04 Å². The van der Waals surface area contributed by atoms with Gasteiger partial charge in [0.2, 0.25) is 0 Å². The van der Waals surface area contributed by atoms with Crippen LogP contribution in [0.2, 0.25) is 0 Å². The third-order valence-corrected chi connectivity index (χ3v) is 3.69. The van der Waals surface area contributed by atoms with Crippen LogP contribution < -0.4 is 10.1 Å². The van der Waals surface area contributed by atoms with Crippen molar-refractivity contribution in [3.05, 3.63) is 30.3 Å². The first-order valence-corrected chi connectivity index (χ1v) is 6.77. The van der Waals surface area contributed by atoms with Gasteiger partial charge in [0, 0.05) is 12.6 Å². The molecule has 17 heavy (non-hydrogen) atoms. The Kier molecular flexibility index (Phi) is 4.87. The lowest BCUT2D eigenvalue weighted by atomic mass is 10.00. The Hall–Kier alpha value is -1.02. The van der Waals surface area contributed by atoms with Gasteiger partial charge in [-0.25, -0.2) is 0 Å². The lowest BCUT2D eigenvalue weighted by Crippen LogP contribution is -2.35. The molecule has 0 aromatic heterocycles. The number of nitrogens with one attached hydrogen (secondary N) is 1. The highest BCUT2D eigenvalue weighted by molar-refractivity contribution is 5.20. The van der Waals surface area contributed by atoms with Crippen LogP contribution >= 0.6 is 0 Å². The van der Waals surface area contributed by atoms with Gasteiger partial charge in [-0.05, 0) is 37.8 Å². The topological polar surface area (TPSA) is 21.3 Å². The first kappa shape index (κ1) is 12.4. The highest BCUT2D eigenvalue weighted by atomic mass is 16.5. The van der Waals surface area contributed by atoms with Crippen LogP contribution in [-0.2, 0) is 0 Å². The van der Waals surface area contributed by atoms with Crippen molar-refractivity contribution < 1.29 is 4.74 Å². The Morgan fingerprint density at radius 1 is 1.24 bits per heavy atom. The van der Waals surface area contributed by atoms with Crippen molar-refractivity contribution >= 4 is 0 Å². The molecule has 0 spiro atoms. The van der Waals surface area contributed by atoms with Crippen molar-refractivity contribution in [2.45, 2.75) is 38.6 Å². The fourth-order valence-corrected chi connectivity index (χ4v) is 2.60. The number of hydrogen-bond acceptors (Lipinski definition) is 2. The predicted molar refractivity (Wildman–Crippen MR) is 71.4 cm³/mol. The second kappa shape index (κ2) is 6.65. The SMILES string of the molecule is CC(NCCOc1ccccc1)C1CCCC1. The molecule has 1 aromatic carbocycles. The summed E-state index contributed by atoms with van der Waals surface area (Å²) in [6.07, 6.45) is 5.62. The maximum absolute atomic E-state index is 5.66. The summed E-state index contributed by atoms with van der Waals surface area (Å²) >= 11 is 0. The zero-order valence-electron chi connectivity index (χ0n) is 10.7. The summed E-state index contributed by atoms with van der Waals surface area (Å²) < 4.78 is 5.66. The summed E-state index contributed by atoms with van der Waals surface area (Å²) in [5.74, 6) is 1.84. The molecule has 0 heterocycles. The molecule has 0 bridgehead atoms. The highest BCUT2D eigenvalue weighted by Crippen LogP contribution is 2.27. The highest BCUT2D eigenvalue weighted by Gasteiger charge is 2.20. The minimum absolute atomic E-state index is 0.636. The molecular weight excluding hydrogens is 210 g/mol. The molecule has 2 rings (SSSR count). The van der Waals surface area contributed by atoms with E-state index in [0.717, 1.165) is 24.8 Å². The van der Waals surface area contributed by atoms with Gasteiger partial charge in [0.15, 0.2) is 0 Å². The second-order valence-corrected chi connectivity index (χ2v) is 4.95. The normalized spacial score (nSPS) is 18.2. The van der Waals surface area contributed by atoms with Crippen molar-refractivity contribution in [3.63, 3.8) is 0 Å². The molecule has 1 unspecified atom stereocenters. The van der Waals surface area contributed by atoms with Gasteiger partial charge in [-0.15, -0.1) is 0 Å². The Balaban J connectivity index is 1.59. The molecule has 0 radical (unpaired) electrons. The van der Waals surface area contributed by atoms with Crippen LogP contribution in [0.1, 0.15) is 32.6 Å². The molecule has 0 saturated heterocycles. The Labute approximate surface area is 104 Å². The first-order chi connectivity index (χ1) is 8.36. The zero-order chi connectivity index (χ0) is 11.9. The average Bonchev–Trinajstić information content (AvgIpc) is 2.89. The molecule has 0 aliphatic heterocycles. The molecule has 2 heteroatoms. The zero-order valence-corrected chi connectivity index (χ0v) is 10.7. The molecule has 1 N–H and O–H groups in total. The van der Waals surface area contributed by atoms with Crippen LogP contribution in [0, 0.1) is 5.92 Å². The fourth-order valence-electron chi connectivity index (χ4n) is 2.60. The summed E-state index contributed by atoms with van der Waals surface area (Å²) in [6.45, 7) is 3.99. The Bertz CT molecular complexity index is 306. The van der Waals surface area contributed by atoms with Gasteiger partial charge >= 0.3 is 0 Å². The van der Waals surface area contributed by atoms with E-state index < -0.39 is 0 Å². The summed E-state index contributed by atoms with van der Waals surface area (Å²) in [4.78, 5) is 0. The molecule has 1 atom stereocenters. The number of ether oxygens (including phenoxy) is 1. The largest absolute Gasteiger partial charge is 0.492 e. The van der Waals surface area contributed by atoms with Crippen LogP contribution in [0.15, 0.2) is 30.3 Å². The molecule has 1 aromatic rings. The number of rotatable bonds is 6. The van der Waals surface area contributed by atoms with Gasteiger partial charge in [-0.3, -0.25) is 0 Å². The van der Waals surface area contributed by atoms with Gasteiger partial charge in [-0.2, -0.15) is 0 Å². The van der Waals surface area contributed by atoms with Crippen molar-refractivity contribution in [1.82, 2.24) is 5.32 Å². The van der Waals surface area contributed by atoms with Gasteiger partial charge in [0.25, 0.3) is 0 Å². The van der Waals surface area contributed by atoms with Crippen molar-refractivity contribution in [2.24, 2.45) is 5.92 Å². The van der Waals surface area contributed by atoms with Gasteiger partial charge < -0.3 is 10.1 Å². The smallest absolute Gasteiger partial charge is 0.119 e. The lowest BCUT2D eigenvalue weighted by molar-refractivity contribution is 0.290. The predicted octanol–water partition coefficient (Wildman–Crippen LogP) is 3.23. The van der Waals surface area contributed by atoms with Crippen LogP contribution in [0.4, 0.5) is 0 Å². The van der Waals surface area contributed by atoms with E-state index in [2.05, 4.69) is 12.2 Å². The van der Waals surface area contributed by atoms with E-state index in [1.807, 2.05) is 30.3 Å². The van der Waals surface area contributed by atoms with Crippen molar-refractivity contribution in [3.8, 4) is 5.75 Å². The van der Waals surface area contributed by atoms with Crippen molar-refractivity contribution in [2.75, 3.05) is 13.2 Å². The van der Waals surface area contributed by atoms with Crippen LogP contribution in [0.25, 0.3) is 0 Å². The summed E-state index contributed by atoms with van der Waals surface area (Å²) in [7, 11) is 0. The van der Waals surface area contributed by atoms with E-state index in [9.17, 15) is 0 Å². The Morgan fingerprint density at radius 3 is 2.65 bits per heavy atom.